The Morgan fingerprint density at radius 1 is 1.12 bits per heavy atom. The van der Waals surface area contributed by atoms with Crippen LogP contribution in [-0.4, -0.2) is 11.2 Å². The van der Waals surface area contributed by atoms with Gasteiger partial charge in [0.1, 0.15) is 5.75 Å². The molecule has 130 valence electrons. The van der Waals surface area contributed by atoms with Crippen LogP contribution in [0.25, 0.3) is 10.9 Å². The molecule has 3 aromatic rings. The SMILES string of the molecule is Cc1cccc(OCCCn2c(=O)oc(=O)c3cccc(Cl)c32)c1C. The number of ether oxygens (including phenoxy) is 1. The number of hydrogen-bond donors (Lipinski definition) is 0. The number of halogens is 1. The van der Waals surface area contributed by atoms with E-state index in [1.807, 2.05) is 32.0 Å². The largest absolute Gasteiger partial charge is 0.493 e. The first-order chi connectivity index (χ1) is 12.0. The molecule has 6 heteroatoms. The highest BCUT2D eigenvalue weighted by atomic mass is 35.5. The second kappa shape index (κ2) is 7.15. The second-order valence-corrected chi connectivity index (χ2v) is 6.25. The van der Waals surface area contributed by atoms with Crippen LogP contribution in [0.2, 0.25) is 5.02 Å². The highest BCUT2D eigenvalue weighted by molar-refractivity contribution is 6.35. The van der Waals surface area contributed by atoms with Crippen LogP contribution in [0, 0.1) is 13.8 Å². The average Bonchev–Trinajstić information content (AvgIpc) is 2.58. The van der Waals surface area contributed by atoms with Gasteiger partial charge in [0.15, 0.2) is 0 Å². The van der Waals surface area contributed by atoms with Crippen molar-refractivity contribution in [3.8, 4) is 5.75 Å². The van der Waals surface area contributed by atoms with Crippen LogP contribution in [0.5, 0.6) is 5.75 Å². The molecule has 0 spiro atoms. The summed E-state index contributed by atoms with van der Waals surface area (Å²) in [5.41, 5.74) is 1.98. The Labute approximate surface area is 149 Å². The molecule has 25 heavy (non-hydrogen) atoms. The molecular weight excluding hydrogens is 342 g/mol. The maximum absolute atomic E-state index is 12.1. The Bertz CT molecular complexity index is 1040. The lowest BCUT2D eigenvalue weighted by atomic mass is 10.1. The van der Waals surface area contributed by atoms with Crippen molar-refractivity contribution >= 4 is 22.5 Å². The number of aromatic nitrogens is 1. The monoisotopic (exact) mass is 359 g/mol. The van der Waals surface area contributed by atoms with Crippen molar-refractivity contribution < 1.29 is 9.15 Å². The van der Waals surface area contributed by atoms with Crippen molar-refractivity contribution in [1.29, 1.82) is 0 Å². The zero-order valence-electron chi connectivity index (χ0n) is 14.0. The van der Waals surface area contributed by atoms with E-state index in [1.165, 1.54) is 4.57 Å². The van der Waals surface area contributed by atoms with Crippen LogP contribution in [0.3, 0.4) is 0 Å². The molecule has 0 fully saturated rings. The van der Waals surface area contributed by atoms with E-state index in [0.717, 1.165) is 16.9 Å². The molecular formula is C19H18ClNO4. The summed E-state index contributed by atoms with van der Waals surface area (Å²) in [5.74, 6) is 0.118. The molecule has 2 aromatic carbocycles. The van der Waals surface area contributed by atoms with E-state index in [1.54, 1.807) is 18.2 Å². The summed E-state index contributed by atoms with van der Waals surface area (Å²) in [4.78, 5) is 23.9. The molecule has 0 aliphatic rings. The van der Waals surface area contributed by atoms with E-state index in [0.29, 0.717) is 35.5 Å². The van der Waals surface area contributed by atoms with Gasteiger partial charge in [-0.3, -0.25) is 4.57 Å². The van der Waals surface area contributed by atoms with E-state index < -0.39 is 11.4 Å². The van der Waals surface area contributed by atoms with Crippen LogP contribution in [0.15, 0.2) is 50.4 Å². The fraction of sp³-hybridized carbons (Fsp3) is 0.263. The normalized spacial score (nSPS) is 11.0. The zero-order chi connectivity index (χ0) is 18.0. The number of nitrogens with zero attached hydrogens (tertiary/aromatic N) is 1. The number of fused-ring (bicyclic) bond motifs is 1. The fourth-order valence-electron chi connectivity index (χ4n) is 2.72. The molecule has 5 nitrogen and oxygen atoms in total. The Kier molecular flexibility index (Phi) is 4.95. The molecule has 0 radical (unpaired) electrons. The Morgan fingerprint density at radius 2 is 1.88 bits per heavy atom. The van der Waals surface area contributed by atoms with Crippen LogP contribution in [0.4, 0.5) is 0 Å². The predicted octanol–water partition coefficient (Wildman–Crippen LogP) is 3.69. The molecule has 1 heterocycles. The van der Waals surface area contributed by atoms with Crippen LogP contribution >= 0.6 is 11.6 Å². The third-order valence-electron chi connectivity index (χ3n) is 4.22. The first-order valence-electron chi connectivity index (χ1n) is 8.00. The number of benzene rings is 2. The molecule has 0 saturated heterocycles. The van der Waals surface area contributed by atoms with E-state index in [4.69, 9.17) is 20.8 Å². The zero-order valence-corrected chi connectivity index (χ0v) is 14.8. The minimum Gasteiger partial charge on any atom is -0.493 e. The smallest absolute Gasteiger partial charge is 0.422 e. The maximum atomic E-state index is 12.1. The van der Waals surface area contributed by atoms with Gasteiger partial charge in [0.05, 0.1) is 22.5 Å². The van der Waals surface area contributed by atoms with Crippen molar-refractivity contribution in [1.82, 2.24) is 4.57 Å². The molecule has 0 aliphatic heterocycles. The van der Waals surface area contributed by atoms with Gasteiger partial charge < -0.3 is 9.15 Å². The quantitative estimate of drug-likeness (QED) is 0.652. The van der Waals surface area contributed by atoms with E-state index >= 15 is 0 Å². The van der Waals surface area contributed by atoms with Crippen LogP contribution in [0.1, 0.15) is 17.5 Å². The van der Waals surface area contributed by atoms with Gasteiger partial charge in [0, 0.05) is 6.54 Å². The topological polar surface area (TPSA) is 61.4 Å². The van der Waals surface area contributed by atoms with Crippen molar-refractivity contribution in [2.24, 2.45) is 0 Å². The number of aryl methyl sites for hydroxylation is 2. The lowest BCUT2D eigenvalue weighted by Gasteiger charge is -2.12. The summed E-state index contributed by atoms with van der Waals surface area (Å²) < 4.78 is 12.0. The highest BCUT2D eigenvalue weighted by Gasteiger charge is 2.12. The number of para-hydroxylation sites is 1. The lowest BCUT2D eigenvalue weighted by Crippen LogP contribution is -2.26. The molecule has 0 N–H and O–H groups in total. The van der Waals surface area contributed by atoms with Gasteiger partial charge >= 0.3 is 11.4 Å². The van der Waals surface area contributed by atoms with Crippen molar-refractivity contribution in [2.45, 2.75) is 26.8 Å². The van der Waals surface area contributed by atoms with Crippen LogP contribution < -0.4 is 16.1 Å². The average molecular weight is 360 g/mol. The molecule has 0 saturated carbocycles. The van der Waals surface area contributed by atoms with E-state index in [-0.39, 0.29) is 0 Å². The summed E-state index contributed by atoms with van der Waals surface area (Å²) in [6.07, 6.45) is 0.571. The van der Waals surface area contributed by atoms with Crippen LogP contribution in [-0.2, 0) is 6.54 Å². The van der Waals surface area contributed by atoms with Gasteiger partial charge in [0.2, 0.25) is 0 Å². The summed E-state index contributed by atoms with van der Waals surface area (Å²) in [6.45, 7) is 4.81. The van der Waals surface area contributed by atoms with Crippen molar-refractivity contribution in [3.05, 3.63) is 73.5 Å². The van der Waals surface area contributed by atoms with E-state index in [9.17, 15) is 9.59 Å². The molecule has 3 rings (SSSR count). The Morgan fingerprint density at radius 3 is 2.68 bits per heavy atom. The maximum Gasteiger partial charge on any atom is 0.422 e. The molecule has 0 atom stereocenters. The summed E-state index contributed by atoms with van der Waals surface area (Å²) in [7, 11) is 0. The molecule has 0 aliphatic carbocycles. The standard InChI is InChI=1S/C19H18ClNO4/c1-12-6-3-9-16(13(12)2)24-11-5-10-21-17-14(7-4-8-15(17)20)18(22)25-19(21)23/h3-4,6-9H,5,10-11H2,1-2H3. The van der Waals surface area contributed by atoms with E-state index in [2.05, 4.69) is 0 Å². The first-order valence-corrected chi connectivity index (χ1v) is 8.38. The molecule has 0 amide bonds. The van der Waals surface area contributed by atoms with Gasteiger partial charge in [-0.15, -0.1) is 0 Å². The minimum atomic E-state index is -0.711. The lowest BCUT2D eigenvalue weighted by molar-refractivity contribution is 0.294. The van der Waals surface area contributed by atoms with Crippen molar-refractivity contribution in [2.75, 3.05) is 6.61 Å². The van der Waals surface area contributed by atoms with Gasteiger partial charge in [-0.05, 0) is 49.6 Å². The first kappa shape index (κ1) is 17.3. The van der Waals surface area contributed by atoms with Gasteiger partial charge in [-0.1, -0.05) is 29.8 Å². The van der Waals surface area contributed by atoms with Crippen molar-refractivity contribution in [3.63, 3.8) is 0 Å². The van der Waals surface area contributed by atoms with Gasteiger partial charge in [-0.2, -0.15) is 0 Å². The summed E-state index contributed by atoms with van der Waals surface area (Å²) in [5, 5.41) is 0.639. The minimum absolute atomic E-state index is 0.294. The fourth-order valence-corrected chi connectivity index (χ4v) is 3.00. The molecule has 0 unspecified atom stereocenters. The summed E-state index contributed by atoms with van der Waals surface area (Å²) >= 11 is 6.18. The third kappa shape index (κ3) is 3.46. The highest BCUT2D eigenvalue weighted by Crippen LogP contribution is 2.22. The second-order valence-electron chi connectivity index (χ2n) is 5.84. The Balaban J connectivity index is 1.79. The Hall–Kier alpha value is -2.53. The van der Waals surface area contributed by atoms with Gasteiger partial charge in [0.25, 0.3) is 0 Å². The van der Waals surface area contributed by atoms with Gasteiger partial charge in [-0.25, -0.2) is 9.59 Å². The molecule has 0 bridgehead atoms. The number of hydrogen-bond acceptors (Lipinski definition) is 4. The number of rotatable bonds is 5. The third-order valence-corrected chi connectivity index (χ3v) is 4.52. The summed E-state index contributed by atoms with van der Waals surface area (Å²) in [6, 6.07) is 10.8. The molecule has 1 aromatic heterocycles. The predicted molar refractivity (Wildman–Crippen MR) is 97.8 cm³/mol.